The number of hydrogen-bond donors (Lipinski definition) is 3. The summed E-state index contributed by atoms with van der Waals surface area (Å²) < 4.78 is 4.98. The highest BCUT2D eigenvalue weighted by molar-refractivity contribution is 5.35. The normalized spacial score (nSPS) is 12.0. The highest BCUT2D eigenvalue weighted by Crippen LogP contribution is 2.10. The smallest absolute Gasteiger partial charge is 0.322 e. The van der Waals surface area contributed by atoms with Gasteiger partial charge in [0.15, 0.2) is 0 Å². The zero-order valence-electron chi connectivity index (χ0n) is 11.1. The van der Waals surface area contributed by atoms with Crippen LogP contribution in [0.4, 0.5) is 11.9 Å². The second-order valence-corrected chi connectivity index (χ2v) is 4.08. The quantitative estimate of drug-likeness (QED) is 0.590. The Balaban J connectivity index is 2.46. The van der Waals surface area contributed by atoms with Gasteiger partial charge in [0.25, 0.3) is 0 Å². The van der Waals surface area contributed by atoms with E-state index < -0.39 is 0 Å². The maximum Gasteiger partial charge on any atom is 0.322 e. The highest BCUT2D eigenvalue weighted by Gasteiger charge is 2.05. The largest absolute Gasteiger partial charge is 0.467 e. The molecule has 1 unspecified atom stereocenters. The topological polar surface area (TPSA) is 92.2 Å². The maximum atomic E-state index is 8.91. The Kier molecular flexibility index (Phi) is 6.13. The molecule has 1 atom stereocenters. The molecule has 18 heavy (non-hydrogen) atoms. The summed E-state index contributed by atoms with van der Waals surface area (Å²) in [6.45, 7) is 3.00. The summed E-state index contributed by atoms with van der Waals surface area (Å²) in [4.78, 5) is 12.3. The Morgan fingerprint density at radius 2 is 2.00 bits per heavy atom. The van der Waals surface area contributed by atoms with E-state index in [-0.39, 0.29) is 12.6 Å². The Bertz CT molecular complexity index is 339. The molecule has 0 bridgehead atoms. The van der Waals surface area contributed by atoms with E-state index in [0.717, 1.165) is 19.4 Å². The molecule has 102 valence electrons. The molecule has 0 aliphatic carbocycles. The lowest BCUT2D eigenvalue weighted by molar-refractivity contribution is 0.229. The second-order valence-electron chi connectivity index (χ2n) is 4.08. The average molecular weight is 255 g/mol. The van der Waals surface area contributed by atoms with Gasteiger partial charge >= 0.3 is 6.01 Å². The van der Waals surface area contributed by atoms with Crippen molar-refractivity contribution in [2.45, 2.75) is 19.8 Å². The number of hydrogen-bond acceptors (Lipinski definition) is 7. The minimum absolute atomic E-state index is 0.226. The minimum Gasteiger partial charge on any atom is -0.467 e. The predicted octanol–water partition coefficient (Wildman–Crippen LogP) is 0.742. The number of rotatable bonds is 8. The average Bonchev–Trinajstić information content (AvgIpc) is 2.42. The third-order valence-corrected chi connectivity index (χ3v) is 2.49. The van der Waals surface area contributed by atoms with E-state index in [9.17, 15) is 0 Å². The fourth-order valence-electron chi connectivity index (χ4n) is 1.38. The third kappa shape index (κ3) is 4.70. The SMILES string of the molecule is CNc1nc(NCCCC(C)CO)nc(OC)n1. The highest BCUT2D eigenvalue weighted by atomic mass is 16.5. The predicted molar refractivity (Wildman–Crippen MR) is 69.9 cm³/mol. The molecule has 0 aliphatic heterocycles. The van der Waals surface area contributed by atoms with Gasteiger partial charge in [-0.1, -0.05) is 6.92 Å². The Hall–Kier alpha value is -1.63. The van der Waals surface area contributed by atoms with Crippen molar-refractivity contribution < 1.29 is 9.84 Å². The third-order valence-electron chi connectivity index (χ3n) is 2.49. The Morgan fingerprint density at radius 1 is 1.28 bits per heavy atom. The molecule has 0 radical (unpaired) electrons. The van der Waals surface area contributed by atoms with Gasteiger partial charge in [0.1, 0.15) is 0 Å². The zero-order valence-corrected chi connectivity index (χ0v) is 11.1. The van der Waals surface area contributed by atoms with Crippen molar-refractivity contribution in [1.82, 2.24) is 15.0 Å². The maximum absolute atomic E-state index is 8.91. The van der Waals surface area contributed by atoms with E-state index in [2.05, 4.69) is 25.6 Å². The summed E-state index contributed by atoms with van der Waals surface area (Å²) in [5, 5.41) is 14.9. The molecule has 7 nitrogen and oxygen atoms in total. The monoisotopic (exact) mass is 255 g/mol. The zero-order chi connectivity index (χ0) is 13.4. The van der Waals surface area contributed by atoms with E-state index in [0.29, 0.717) is 17.8 Å². The van der Waals surface area contributed by atoms with Crippen LogP contribution in [-0.2, 0) is 0 Å². The Morgan fingerprint density at radius 3 is 2.61 bits per heavy atom. The molecule has 1 heterocycles. The molecule has 1 aromatic heterocycles. The number of aromatic nitrogens is 3. The lowest BCUT2D eigenvalue weighted by Gasteiger charge is -2.09. The van der Waals surface area contributed by atoms with Gasteiger partial charge in [-0.05, 0) is 18.8 Å². The first kappa shape index (κ1) is 14.4. The summed E-state index contributed by atoms with van der Waals surface area (Å²) in [5.74, 6) is 1.28. The van der Waals surface area contributed by atoms with Crippen LogP contribution in [0, 0.1) is 5.92 Å². The van der Waals surface area contributed by atoms with Crippen molar-refractivity contribution in [1.29, 1.82) is 0 Å². The van der Waals surface area contributed by atoms with Crippen molar-refractivity contribution in [3.05, 3.63) is 0 Å². The first-order valence-corrected chi connectivity index (χ1v) is 6.02. The lowest BCUT2D eigenvalue weighted by atomic mass is 10.1. The number of ether oxygens (including phenoxy) is 1. The van der Waals surface area contributed by atoms with Gasteiger partial charge in [-0.15, -0.1) is 0 Å². The van der Waals surface area contributed by atoms with E-state index in [1.165, 1.54) is 7.11 Å². The van der Waals surface area contributed by atoms with Crippen LogP contribution in [0.15, 0.2) is 0 Å². The molecule has 0 fully saturated rings. The first-order valence-electron chi connectivity index (χ1n) is 6.02. The van der Waals surface area contributed by atoms with Crippen LogP contribution in [0.3, 0.4) is 0 Å². The fourth-order valence-corrected chi connectivity index (χ4v) is 1.38. The van der Waals surface area contributed by atoms with Crippen LogP contribution >= 0.6 is 0 Å². The summed E-state index contributed by atoms with van der Waals surface area (Å²) in [6, 6.07) is 0.278. The van der Waals surface area contributed by atoms with Gasteiger partial charge in [0.2, 0.25) is 11.9 Å². The van der Waals surface area contributed by atoms with Gasteiger partial charge in [-0.3, -0.25) is 0 Å². The molecule has 0 amide bonds. The number of nitrogens with one attached hydrogen (secondary N) is 2. The molecule has 1 rings (SSSR count). The number of aliphatic hydroxyl groups excluding tert-OH is 1. The van der Waals surface area contributed by atoms with Crippen molar-refractivity contribution in [2.75, 3.05) is 37.9 Å². The van der Waals surface area contributed by atoms with Gasteiger partial charge in [-0.25, -0.2) is 0 Å². The molecular formula is C11H21N5O2. The number of nitrogens with zero attached hydrogens (tertiary/aromatic N) is 3. The van der Waals surface area contributed by atoms with E-state index in [1.54, 1.807) is 7.05 Å². The number of anilines is 2. The van der Waals surface area contributed by atoms with E-state index >= 15 is 0 Å². The summed E-state index contributed by atoms with van der Waals surface area (Å²) in [7, 11) is 3.25. The van der Waals surface area contributed by atoms with Crippen LogP contribution in [0.25, 0.3) is 0 Å². The van der Waals surface area contributed by atoms with Crippen molar-refractivity contribution in [2.24, 2.45) is 5.92 Å². The van der Waals surface area contributed by atoms with Gasteiger partial charge in [0, 0.05) is 20.2 Å². The number of aliphatic hydroxyl groups is 1. The van der Waals surface area contributed by atoms with Gasteiger partial charge in [-0.2, -0.15) is 15.0 Å². The molecule has 0 aromatic carbocycles. The van der Waals surface area contributed by atoms with Crippen molar-refractivity contribution in [3.63, 3.8) is 0 Å². The fraction of sp³-hybridized carbons (Fsp3) is 0.727. The Labute approximate surface area is 107 Å². The molecule has 0 saturated carbocycles. The van der Waals surface area contributed by atoms with E-state index in [4.69, 9.17) is 9.84 Å². The molecule has 3 N–H and O–H groups in total. The van der Waals surface area contributed by atoms with Crippen LogP contribution in [0.1, 0.15) is 19.8 Å². The second kappa shape index (κ2) is 7.65. The van der Waals surface area contributed by atoms with Crippen molar-refractivity contribution >= 4 is 11.9 Å². The van der Waals surface area contributed by atoms with Crippen LogP contribution in [0.5, 0.6) is 6.01 Å². The molecule has 0 saturated heterocycles. The van der Waals surface area contributed by atoms with Crippen LogP contribution in [-0.4, -0.2) is 47.4 Å². The molecule has 0 spiro atoms. The van der Waals surface area contributed by atoms with Crippen LogP contribution in [0.2, 0.25) is 0 Å². The summed E-state index contributed by atoms with van der Waals surface area (Å²) in [5.41, 5.74) is 0. The number of methoxy groups -OCH3 is 1. The molecule has 7 heteroatoms. The van der Waals surface area contributed by atoms with Crippen LogP contribution < -0.4 is 15.4 Å². The minimum atomic E-state index is 0.226. The lowest BCUT2D eigenvalue weighted by Crippen LogP contribution is -2.11. The molecule has 0 aliphatic rings. The summed E-state index contributed by atoms with van der Waals surface area (Å²) >= 11 is 0. The van der Waals surface area contributed by atoms with E-state index in [1.807, 2.05) is 6.92 Å². The van der Waals surface area contributed by atoms with Crippen molar-refractivity contribution in [3.8, 4) is 6.01 Å². The molecule has 1 aromatic rings. The van der Waals surface area contributed by atoms with Gasteiger partial charge < -0.3 is 20.5 Å². The summed E-state index contributed by atoms with van der Waals surface area (Å²) in [6.07, 6.45) is 1.91. The first-order chi connectivity index (χ1) is 8.69. The van der Waals surface area contributed by atoms with Gasteiger partial charge in [0.05, 0.1) is 7.11 Å². The standard InChI is InChI=1S/C11H21N5O2/c1-8(7-17)5-4-6-13-10-14-9(12-2)15-11(16-10)18-3/h8,17H,4-7H2,1-3H3,(H2,12,13,14,15,16). The molecular weight excluding hydrogens is 234 g/mol.